The number of nitrogens with one attached hydrogen (secondary N) is 1. The van der Waals surface area contributed by atoms with Crippen LogP contribution in [0.4, 0.5) is 5.69 Å². The van der Waals surface area contributed by atoms with Crippen molar-refractivity contribution in [2.45, 2.75) is 6.61 Å². The molecule has 3 aromatic carbocycles. The van der Waals surface area contributed by atoms with Crippen molar-refractivity contribution < 1.29 is 9.53 Å². The predicted octanol–water partition coefficient (Wildman–Crippen LogP) is 5.32. The summed E-state index contributed by atoms with van der Waals surface area (Å²) < 4.78 is 7.89. The third kappa shape index (κ3) is 3.61. The lowest BCUT2D eigenvalue weighted by atomic mass is 10.1. The molecule has 0 unspecified atom stereocenters. The second-order valence-electron chi connectivity index (χ2n) is 7.00. The number of imidazole rings is 1. The van der Waals surface area contributed by atoms with E-state index < -0.39 is 0 Å². The van der Waals surface area contributed by atoms with Gasteiger partial charge in [0.2, 0.25) is 0 Å². The monoisotopic (exact) mass is 393 g/mol. The number of fused-ring (bicyclic) bond motifs is 2. The molecule has 5 aromatic rings. The van der Waals surface area contributed by atoms with Gasteiger partial charge >= 0.3 is 0 Å². The van der Waals surface area contributed by atoms with Crippen molar-refractivity contribution in [1.29, 1.82) is 0 Å². The summed E-state index contributed by atoms with van der Waals surface area (Å²) in [4.78, 5) is 17.4. The van der Waals surface area contributed by atoms with E-state index in [1.54, 1.807) is 12.1 Å². The Balaban J connectivity index is 1.34. The van der Waals surface area contributed by atoms with Crippen LogP contribution in [0, 0.1) is 0 Å². The highest BCUT2D eigenvalue weighted by molar-refractivity contribution is 6.07. The quantitative estimate of drug-likeness (QED) is 0.440. The van der Waals surface area contributed by atoms with Crippen LogP contribution in [0.15, 0.2) is 97.3 Å². The van der Waals surface area contributed by atoms with Crippen molar-refractivity contribution in [3.05, 3.63) is 109 Å². The molecule has 2 heterocycles. The van der Waals surface area contributed by atoms with Gasteiger partial charge in [-0.25, -0.2) is 4.98 Å². The topological polar surface area (TPSA) is 55.6 Å². The van der Waals surface area contributed by atoms with E-state index in [9.17, 15) is 4.79 Å². The van der Waals surface area contributed by atoms with Crippen LogP contribution >= 0.6 is 0 Å². The van der Waals surface area contributed by atoms with Gasteiger partial charge < -0.3 is 14.5 Å². The third-order valence-electron chi connectivity index (χ3n) is 4.93. The number of carbonyl (C=O) groups is 1. The number of hydrogen-bond donors (Lipinski definition) is 1. The summed E-state index contributed by atoms with van der Waals surface area (Å²) in [6, 6.07) is 27.0. The lowest BCUT2D eigenvalue weighted by molar-refractivity contribution is 0.102. The van der Waals surface area contributed by atoms with Gasteiger partial charge in [-0.1, -0.05) is 48.5 Å². The standard InChI is InChI=1S/C25H19N3O2/c29-25(27-20-13-12-18-7-1-2-8-19(18)15-20)22-9-3-4-10-23(22)30-17-21-16-28-14-6-5-11-24(28)26-21/h1-16H,17H2,(H,27,29). The highest BCUT2D eigenvalue weighted by Crippen LogP contribution is 2.23. The molecule has 0 atom stereocenters. The van der Waals surface area contributed by atoms with Gasteiger partial charge in [0.05, 0.1) is 11.3 Å². The average Bonchev–Trinajstić information content (AvgIpc) is 3.21. The smallest absolute Gasteiger partial charge is 0.259 e. The Morgan fingerprint density at radius 3 is 2.60 bits per heavy atom. The number of rotatable bonds is 5. The van der Waals surface area contributed by atoms with E-state index in [4.69, 9.17) is 4.74 Å². The van der Waals surface area contributed by atoms with Gasteiger partial charge in [-0.3, -0.25) is 4.79 Å². The first kappa shape index (κ1) is 17.9. The number of carbonyl (C=O) groups excluding carboxylic acids is 1. The summed E-state index contributed by atoms with van der Waals surface area (Å²) in [5, 5.41) is 5.18. The van der Waals surface area contributed by atoms with Crippen molar-refractivity contribution in [3.8, 4) is 5.75 Å². The summed E-state index contributed by atoms with van der Waals surface area (Å²) in [5.74, 6) is 0.309. The number of nitrogens with zero attached hydrogens (tertiary/aromatic N) is 2. The van der Waals surface area contributed by atoms with Crippen LogP contribution in [0.1, 0.15) is 16.1 Å². The largest absolute Gasteiger partial charge is 0.486 e. The number of amides is 1. The fraction of sp³-hybridized carbons (Fsp3) is 0.0400. The number of para-hydroxylation sites is 1. The maximum absolute atomic E-state index is 12.9. The van der Waals surface area contributed by atoms with Crippen LogP contribution in [0.3, 0.4) is 0 Å². The van der Waals surface area contributed by atoms with E-state index in [1.165, 1.54) is 0 Å². The maximum Gasteiger partial charge on any atom is 0.259 e. The van der Waals surface area contributed by atoms with Crippen molar-refractivity contribution >= 4 is 28.0 Å². The Morgan fingerprint density at radius 2 is 1.70 bits per heavy atom. The van der Waals surface area contributed by atoms with Crippen molar-refractivity contribution in [3.63, 3.8) is 0 Å². The van der Waals surface area contributed by atoms with Gasteiger partial charge in [0.15, 0.2) is 0 Å². The number of benzene rings is 3. The van der Waals surface area contributed by atoms with Gasteiger partial charge in [0, 0.05) is 18.1 Å². The van der Waals surface area contributed by atoms with E-state index in [0.717, 1.165) is 27.8 Å². The zero-order chi connectivity index (χ0) is 20.3. The molecule has 0 spiro atoms. The van der Waals surface area contributed by atoms with Gasteiger partial charge in [0.25, 0.3) is 5.91 Å². The molecule has 0 fully saturated rings. The molecule has 5 nitrogen and oxygen atoms in total. The number of anilines is 1. The van der Waals surface area contributed by atoms with Crippen LogP contribution < -0.4 is 10.1 Å². The molecule has 0 bridgehead atoms. The van der Waals surface area contributed by atoms with E-state index in [-0.39, 0.29) is 12.5 Å². The number of pyridine rings is 1. The molecule has 0 aliphatic rings. The summed E-state index contributed by atoms with van der Waals surface area (Å²) >= 11 is 0. The van der Waals surface area contributed by atoms with Crippen LogP contribution in [-0.2, 0) is 6.61 Å². The van der Waals surface area contributed by atoms with Gasteiger partial charge in [-0.2, -0.15) is 0 Å². The van der Waals surface area contributed by atoms with E-state index in [1.807, 2.05) is 89.6 Å². The highest BCUT2D eigenvalue weighted by atomic mass is 16.5. The van der Waals surface area contributed by atoms with Crippen LogP contribution in [-0.4, -0.2) is 15.3 Å². The van der Waals surface area contributed by atoms with Crippen LogP contribution in [0.25, 0.3) is 16.4 Å². The normalized spacial score (nSPS) is 10.9. The van der Waals surface area contributed by atoms with E-state index in [2.05, 4.69) is 10.3 Å². The lowest BCUT2D eigenvalue weighted by Crippen LogP contribution is -2.13. The van der Waals surface area contributed by atoms with Crippen molar-refractivity contribution in [2.24, 2.45) is 0 Å². The first-order chi connectivity index (χ1) is 14.8. The molecule has 0 radical (unpaired) electrons. The SMILES string of the molecule is O=C(Nc1ccc2ccccc2c1)c1ccccc1OCc1cn2ccccc2n1. The number of aromatic nitrogens is 2. The molecule has 1 amide bonds. The molecule has 2 aromatic heterocycles. The molecule has 0 saturated carbocycles. The first-order valence-corrected chi connectivity index (χ1v) is 9.71. The molecule has 30 heavy (non-hydrogen) atoms. The van der Waals surface area contributed by atoms with E-state index >= 15 is 0 Å². The average molecular weight is 393 g/mol. The Morgan fingerprint density at radius 1 is 0.900 bits per heavy atom. The predicted molar refractivity (Wildman–Crippen MR) is 118 cm³/mol. The molecule has 0 saturated heterocycles. The maximum atomic E-state index is 12.9. The van der Waals surface area contributed by atoms with Gasteiger partial charge in [-0.15, -0.1) is 0 Å². The summed E-state index contributed by atoms with van der Waals surface area (Å²) in [5.41, 5.74) is 2.88. The fourth-order valence-electron chi connectivity index (χ4n) is 3.45. The Kier molecular flexibility index (Phi) is 4.62. The molecule has 0 aliphatic carbocycles. The third-order valence-corrected chi connectivity index (χ3v) is 4.93. The summed E-state index contributed by atoms with van der Waals surface area (Å²) in [6.45, 7) is 0.280. The molecule has 146 valence electrons. The zero-order valence-corrected chi connectivity index (χ0v) is 16.2. The molecule has 5 rings (SSSR count). The number of hydrogen-bond acceptors (Lipinski definition) is 3. The Bertz CT molecular complexity index is 1320. The summed E-state index contributed by atoms with van der Waals surface area (Å²) in [6.07, 6.45) is 3.86. The zero-order valence-electron chi connectivity index (χ0n) is 16.2. The minimum atomic E-state index is -0.212. The molecular formula is C25H19N3O2. The fourth-order valence-corrected chi connectivity index (χ4v) is 3.45. The minimum Gasteiger partial charge on any atom is -0.486 e. The minimum absolute atomic E-state index is 0.212. The Labute approximate surface area is 173 Å². The highest BCUT2D eigenvalue weighted by Gasteiger charge is 2.13. The second kappa shape index (κ2) is 7.72. The van der Waals surface area contributed by atoms with Crippen LogP contribution in [0.5, 0.6) is 5.75 Å². The Hall–Kier alpha value is -4.12. The lowest BCUT2D eigenvalue weighted by Gasteiger charge is -2.11. The molecule has 1 N–H and O–H groups in total. The van der Waals surface area contributed by atoms with Gasteiger partial charge in [0.1, 0.15) is 18.0 Å². The number of ether oxygens (including phenoxy) is 1. The molecule has 5 heteroatoms. The van der Waals surface area contributed by atoms with Gasteiger partial charge in [-0.05, 0) is 47.2 Å². The van der Waals surface area contributed by atoms with Crippen molar-refractivity contribution in [1.82, 2.24) is 9.38 Å². The molecule has 0 aliphatic heterocycles. The second-order valence-corrected chi connectivity index (χ2v) is 7.00. The molecular weight excluding hydrogens is 374 g/mol. The van der Waals surface area contributed by atoms with E-state index in [0.29, 0.717) is 11.3 Å². The first-order valence-electron chi connectivity index (χ1n) is 9.71. The van der Waals surface area contributed by atoms with Crippen molar-refractivity contribution in [2.75, 3.05) is 5.32 Å². The van der Waals surface area contributed by atoms with Crippen LogP contribution in [0.2, 0.25) is 0 Å². The summed E-state index contributed by atoms with van der Waals surface area (Å²) in [7, 11) is 0.